The largest absolute Gasteiger partial charge is 0.494 e. The number of nitrogens with one attached hydrogen (secondary N) is 1. The highest BCUT2D eigenvalue weighted by atomic mass is 32.2. The zero-order chi connectivity index (χ0) is 19.6. The Kier molecular flexibility index (Phi) is 7.38. The standard InChI is InChI=1S/C23H23NO3S/c1-2-26-20-14-10-19(11-15-20)24-23(25)18-8-12-21(13-9-18)27-16-17-28-22-6-4-3-5-7-22/h3-15H,2,16-17H2,1H3,(H,24,25). The highest BCUT2D eigenvalue weighted by molar-refractivity contribution is 7.99. The minimum absolute atomic E-state index is 0.157. The molecule has 5 heteroatoms. The van der Waals surface area contributed by atoms with Gasteiger partial charge in [-0.1, -0.05) is 18.2 Å². The Labute approximate surface area is 169 Å². The second-order valence-corrected chi connectivity index (χ2v) is 7.11. The van der Waals surface area contributed by atoms with E-state index in [9.17, 15) is 4.79 Å². The van der Waals surface area contributed by atoms with Gasteiger partial charge in [-0.05, 0) is 67.6 Å². The fourth-order valence-corrected chi connectivity index (χ4v) is 3.29. The van der Waals surface area contributed by atoms with Gasteiger partial charge in [-0.25, -0.2) is 0 Å². The van der Waals surface area contributed by atoms with Crippen LogP contribution in [0.2, 0.25) is 0 Å². The number of benzene rings is 3. The van der Waals surface area contributed by atoms with Crippen LogP contribution in [0.15, 0.2) is 83.8 Å². The molecule has 1 N–H and O–H groups in total. The molecule has 0 aromatic heterocycles. The van der Waals surface area contributed by atoms with Gasteiger partial charge in [0.2, 0.25) is 0 Å². The molecule has 28 heavy (non-hydrogen) atoms. The Morgan fingerprint density at radius 3 is 2.18 bits per heavy atom. The summed E-state index contributed by atoms with van der Waals surface area (Å²) in [5.74, 6) is 2.25. The van der Waals surface area contributed by atoms with Crippen molar-refractivity contribution in [2.75, 3.05) is 24.3 Å². The van der Waals surface area contributed by atoms with E-state index in [1.165, 1.54) is 4.90 Å². The Morgan fingerprint density at radius 2 is 1.50 bits per heavy atom. The van der Waals surface area contributed by atoms with Gasteiger partial charge in [0.05, 0.1) is 13.2 Å². The molecule has 0 unspecified atom stereocenters. The smallest absolute Gasteiger partial charge is 0.255 e. The highest BCUT2D eigenvalue weighted by Gasteiger charge is 2.07. The maximum atomic E-state index is 12.4. The minimum atomic E-state index is -0.157. The van der Waals surface area contributed by atoms with Gasteiger partial charge in [0, 0.05) is 21.9 Å². The van der Waals surface area contributed by atoms with E-state index >= 15 is 0 Å². The maximum Gasteiger partial charge on any atom is 0.255 e. The molecule has 0 saturated heterocycles. The van der Waals surface area contributed by atoms with E-state index in [0.717, 1.165) is 22.9 Å². The van der Waals surface area contributed by atoms with E-state index in [2.05, 4.69) is 17.4 Å². The summed E-state index contributed by atoms with van der Waals surface area (Å²) < 4.78 is 11.2. The molecule has 144 valence electrons. The first kappa shape index (κ1) is 19.8. The molecule has 0 aliphatic rings. The Hall–Kier alpha value is -2.92. The molecule has 0 bridgehead atoms. The number of anilines is 1. The molecule has 0 radical (unpaired) electrons. The molecule has 0 heterocycles. The van der Waals surface area contributed by atoms with Crippen molar-refractivity contribution in [3.63, 3.8) is 0 Å². The molecular weight excluding hydrogens is 370 g/mol. The van der Waals surface area contributed by atoms with Crippen molar-refractivity contribution in [2.24, 2.45) is 0 Å². The molecule has 4 nitrogen and oxygen atoms in total. The predicted molar refractivity (Wildman–Crippen MR) is 115 cm³/mol. The SMILES string of the molecule is CCOc1ccc(NC(=O)c2ccc(OCCSc3ccccc3)cc2)cc1. The van der Waals surface area contributed by atoms with Crippen molar-refractivity contribution in [3.8, 4) is 11.5 Å². The number of ether oxygens (including phenoxy) is 2. The molecule has 0 fully saturated rings. The lowest BCUT2D eigenvalue weighted by Crippen LogP contribution is -2.11. The van der Waals surface area contributed by atoms with Gasteiger partial charge in [0.15, 0.2) is 0 Å². The third-order valence-corrected chi connectivity index (χ3v) is 4.88. The first-order valence-electron chi connectivity index (χ1n) is 9.19. The normalized spacial score (nSPS) is 10.3. The lowest BCUT2D eigenvalue weighted by atomic mass is 10.2. The van der Waals surface area contributed by atoms with Crippen LogP contribution in [-0.4, -0.2) is 24.9 Å². The van der Waals surface area contributed by atoms with Crippen LogP contribution >= 0.6 is 11.8 Å². The number of thioether (sulfide) groups is 1. The molecule has 0 spiro atoms. The molecule has 0 atom stereocenters. The van der Waals surface area contributed by atoms with Gasteiger partial charge >= 0.3 is 0 Å². The van der Waals surface area contributed by atoms with Crippen LogP contribution in [-0.2, 0) is 0 Å². The van der Waals surface area contributed by atoms with Crippen LogP contribution in [0.1, 0.15) is 17.3 Å². The quantitative estimate of drug-likeness (QED) is 0.385. The summed E-state index contributed by atoms with van der Waals surface area (Å²) in [6.45, 7) is 3.16. The summed E-state index contributed by atoms with van der Waals surface area (Å²) in [6.07, 6.45) is 0. The molecular formula is C23H23NO3S. The number of hydrogen-bond acceptors (Lipinski definition) is 4. The summed E-state index contributed by atoms with van der Waals surface area (Å²) >= 11 is 1.75. The van der Waals surface area contributed by atoms with Crippen molar-refractivity contribution in [1.29, 1.82) is 0 Å². The van der Waals surface area contributed by atoms with E-state index in [4.69, 9.17) is 9.47 Å². The van der Waals surface area contributed by atoms with Crippen LogP contribution < -0.4 is 14.8 Å². The number of rotatable bonds is 9. The molecule has 3 aromatic rings. The van der Waals surface area contributed by atoms with Crippen molar-refractivity contribution < 1.29 is 14.3 Å². The molecule has 0 saturated carbocycles. The summed E-state index contributed by atoms with van der Waals surface area (Å²) in [5.41, 5.74) is 1.31. The molecule has 1 amide bonds. The van der Waals surface area contributed by atoms with Crippen LogP contribution in [0.3, 0.4) is 0 Å². The average molecular weight is 394 g/mol. The zero-order valence-electron chi connectivity index (χ0n) is 15.8. The fourth-order valence-electron chi connectivity index (χ4n) is 2.54. The van der Waals surface area contributed by atoms with E-state index < -0.39 is 0 Å². The number of amides is 1. The van der Waals surface area contributed by atoms with Gasteiger partial charge in [0.25, 0.3) is 5.91 Å². The van der Waals surface area contributed by atoms with Gasteiger partial charge < -0.3 is 14.8 Å². The first-order chi connectivity index (χ1) is 13.7. The lowest BCUT2D eigenvalue weighted by Gasteiger charge is -2.09. The number of carbonyl (C=O) groups is 1. The van der Waals surface area contributed by atoms with Gasteiger partial charge in [0.1, 0.15) is 11.5 Å². The molecule has 0 aliphatic carbocycles. The van der Waals surface area contributed by atoms with E-state index in [0.29, 0.717) is 18.8 Å². The summed E-state index contributed by atoms with van der Waals surface area (Å²) in [7, 11) is 0. The fraction of sp³-hybridized carbons (Fsp3) is 0.174. The van der Waals surface area contributed by atoms with Crippen LogP contribution in [0.5, 0.6) is 11.5 Å². The topological polar surface area (TPSA) is 47.6 Å². The van der Waals surface area contributed by atoms with Crippen LogP contribution in [0.25, 0.3) is 0 Å². The van der Waals surface area contributed by atoms with Crippen molar-refractivity contribution in [1.82, 2.24) is 0 Å². The zero-order valence-corrected chi connectivity index (χ0v) is 16.6. The van der Waals surface area contributed by atoms with E-state index in [1.807, 2.05) is 61.5 Å². The van der Waals surface area contributed by atoms with Crippen LogP contribution in [0.4, 0.5) is 5.69 Å². The van der Waals surface area contributed by atoms with E-state index in [-0.39, 0.29) is 5.91 Å². The van der Waals surface area contributed by atoms with Gasteiger partial charge in [-0.15, -0.1) is 11.8 Å². The van der Waals surface area contributed by atoms with Crippen LogP contribution in [0, 0.1) is 0 Å². The maximum absolute atomic E-state index is 12.4. The second-order valence-electron chi connectivity index (χ2n) is 5.95. The number of hydrogen-bond donors (Lipinski definition) is 1. The highest BCUT2D eigenvalue weighted by Crippen LogP contribution is 2.19. The number of carbonyl (C=O) groups excluding carboxylic acids is 1. The van der Waals surface area contributed by atoms with Crippen molar-refractivity contribution in [2.45, 2.75) is 11.8 Å². The van der Waals surface area contributed by atoms with Gasteiger partial charge in [-0.3, -0.25) is 4.79 Å². The molecule has 0 aliphatic heterocycles. The summed E-state index contributed by atoms with van der Waals surface area (Å²) in [6, 6.07) is 24.7. The van der Waals surface area contributed by atoms with Gasteiger partial charge in [-0.2, -0.15) is 0 Å². The Morgan fingerprint density at radius 1 is 0.857 bits per heavy atom. The first-order valence-corrected chi connectivity index (χ1v) is 10.2. The Bertz CT molecular complexity index is 865. The van der Waals surface area contributed by atoms with Crippen molar-refractivity contribution >= 4 is 23.4 Å². The third-order valence-electron chi connectivity index (χ3n) is 3.90. The predicted octanol–water partition coefficient (Wildman–Crippen LogP) is 5.51. The third kappa shape index (κ3) is 6.06. The average Bonchev–Trinajstić information content (AvgIpc) is 2.74. The lowest BCUT2D eigenvalue weighted by molar-refractivity contribution is 0.102. The Balaban J connectivity index is 1.45. The van der Waals surface area contributed by atoms with E-state index in [1.54, 1.807) is 23.9 Å². The summed E-state index contributed by atoms with van der Waals surface area (Å²) in [4.78, 5) is 13.6. The summed E-state index contributed by atoms with van der Waals surface area (Å²) in [5, 5.41) is 2.88. The molecule has 3 aromatic carbocycles. The second kappa shape index (κ2) is 10.4. The van der Waals surface area contributed by atoms with Crippen molar-refractivity contribution in [3.05, 3.63) is 84.4 Å². The minimum Gasteiger partial charge on any atom is -0.494 e. The monoisotopic (exact) mass is 393 g/mol. The molecule has 3 rings (SSSR count).